The summed E-state index contributed by atoms with van der Waals surface area (Å²) in [6, 6.07) is 15.6. The topological polar surface area (TPSA) is 107 Å². The number of piperidine rings is 1. The standard InChI is InChI=1S/C30H29ClN6O4S/c1-35(2)17-24(38)36-14-6-7-18(16-36)33-28(39)27-26-25-22(12-13-32-29(25)42-27)37(30(40)34-26)19-10-11-23(21(31)15-19)41-20-8-4-3-5-9-20/h3-5,8-13,15,18H,6-7,14,16-17H2,1-2H3,(H,33,39)(H,34,40)/t18-/m1/s1. The molecule has 1 fully saturated rings. The zero-order valence-electron chi connectivity index (χ0n) is 23.1. The Bertz CT molecular complexity index is 1680. The van der Waals surface area contributed by atoms with Crippen LogP contribution < -0.4 is 20.3 Å². The van der Waals surface area contributed by atoms with Gasteiger partial charge in [0.05, 0.1) is 34.0 Å². The maximum Gasteiger partial charge on any atom is 0.331 e. The number of likely N-dealkylation sites (tertiary alicyclic amines) is 1. The van der Waals surface area contributed by atoms with Gasteiger partial charge in [0, 0.05) is 25.3 Å². The van der Waals surface area contributed by atoms with Crippen molar-refractivity contribution >= 4 is 68.1 Å². The van der Waals surface area contributed by atoms with Gasteiger partial charge in [-0.1, -0.05) is 29.8 Å². The largest absolute Gasteiger partial charge is 0.456 e. The molecule has 12 heteroatoms. The van der Waals surface area contributed by atoms with Crippen LogP contribution >= 0.6 is 22.9 Å². The van der Waals surface area contributed by atoms with Crippen LogP contribution in [0.15, 0.2) is 60.8 Å². The maximum absolute atomic E-state index is 13.5. The molecule has 10 nitrogen and oxygen atoms in total. The first kappa shape index (κ1) is 28.0. The average Bonchev–Trinajstić information content (AvgIpc) is 3.34. The van der Waals surface area contributed by atoms with E-state index < -0.39 is 6.03 Å². The number of thiophene rings is 1. The van der Waals surface area contributed by atoms with Crippen LogP contribution in [-0.4, -0.2) is 72.4 Å². The molecule has 4 heterocycles. The SMILES string of the molecule is CN(C)CC(=O)N1CCC[C@@H](NC(=O)c2sc3nccc4c3c2NC(=O)N4c2ccc(Oc3ccccc3)c(Cl)c2)C1. The van der Waals surface area contributed by atoms with E-state index >= 15 is 0 Å². The quantitative estimate of drug-likeness (QED) is 0.280. The molecule has 2 aromatic carbocycles. The lowest BCUT2D eigenvalue weighted by Crippen LogP contribution is -2.51. The number of nitrogens with zero attached hydrogens (tertiary/aromatic N) is 4. The van der Waals surface area contributed by atoms with Crippen LogP contribution in [0.25, 0.3) is 10.2 Å². The molecule has 1 saturated heterocycles. The van der Waals surface area contributed by atoms with Gasteiger partial charge in [0.1, 0.15) is 21.2 Å². The zero-order chi connectivity index (χ0) is 29.4. The molecule has 0 spiro atoms. The molecule has 42 heavy (non-hydrogen) atoms. The first-order chi connectivity index (χ1) is 20.3. The smallest absolute Gasteiger partial charge is 0.331 e. The second-order valence-corrected chi connectivity index (χ2v) is 11.9. The second kappa shape index (κ2) is 11.6. The first-order valence-electron chi connectivity index (χ1n) is 13.6. The van der Waals surface area contributed by atoms with Gasteiger partial charge in [-0.2, -0.15) is 0 Å². The molecule has 6 rings (SSSR count). The highest BCUT2D eigenvalue weighted by molar-refractivity contribution is 7.21. The summed E-state index contributed by atoms with van der Waals surface area (Å²) in [5.41, 5.74) is 1.57. The van der Waals surface area contributed by atoms with Gasteiger partial charge in [-0.25, -0.2) is 9.78 Å². The molecular weight excluding hydrogens is 576 g/mol. The summed E-state index contributed by atoms with van der Waals surface area (Å²) in [5.74, 6) is 0.847. The third-order valence-corrected chi connectivity index (χ3v) is 8.55. The Morgan fingerprint density at radius 3 is 2.76 bits per heavy atom. The Labute approximate surface area is 251 Å². The van der Waals surface area contributed by atoms with Gasteiger partial charge >= 0.3 is 6.03 Å². The fraction of sp³-hybridized carbons (Fsp3) is 0.267. The van der Waals surface area contributed by atoms with Crippen molar-refractivity contribution in [3.05, 3.63) is 70.7 Å². The van der Waals surface area contributed by atoms with Crippen molar-refractivity contribution in [2.45, 2.75) is 18.9 Å². The molecule has 0 radical (unpaired) electrons. The lowest BCUT2D eigenvalue weighted by molar-refractivity contribution is -0.133. The van der Waals surface area contributed by atoms with Crippen molar-refractivity contribution in [3.8, 4) is 11.5 Å². The molecule has 0 saturated carbocycles. The number of carbonyl (C=O) groups excluding carboxylic acids is 3. The number of halogens is 1. The summed E-state index contributed by atoms with van der Waals surface area (Å²) in [6.45, 7) is 1.45. The normalized spacial score (nSPS) is 16.5. The molecule has 0 unspecified atom stereocenters. The van der Waals surface area contributed by atoms with Crippen molar-refractivity contribution in [2.75, 3.05) is 43.9 Å². The fourth-order valence-electron chi connectivity index (χ4n) is 5.27. The van der Waals surface area contributed by atoms with Crippen molar-refractivity contribution < 1.29 is 19.1 Å². The number of anilines is 3. The third-order valence-electron chi connectivity index (χ3n) is 7.16. The fourth-order valence-corrected chi connectivity index (χ4v) is 6.51. The van der Waals surface area contributed by atoms with Crippen molar-refractivity contribution in [2.24, 2.45) is 0 Å². The lowest BCUT2D eigenvalue weighted by Gasteiger charge is -2.34. The highest BCUT2D eigenvalue weighted by Crippen LogP contribution is 2.46. The molecule has 4 amide bonds. The number of aromatic nitrogens is 1. The van der Waals surface area contributed by atoms with Gasteiger partial charge in [-0.3, -0.25) is 14.5 Å². The molecule has 2 N–H and O–H groups in total. The summed E-state index contributed by atoms with van der Waals surface area (Å²) in [6.07, 6.45) is 3.19. The number of rotatable bonds is 7. The number of carbonyl (C=O) groups is 3. The van der Waals surface area contributed by atoms with Crippen LogP contribution in [0.1, 0.15) is 22.5 Å². The number of amides is 4. The molecule has 4 aromatic rings. The second-order valence-electron chi connectivity index (χ2n) is 10.5. The van der Waals surface area contributed by atoms with Crippen molar-refractivity contribution in [1.29, 1.82) is 0 Å². The van der Waals surface area contributed by atoms with Gasteiger partial charge in [0.2, 0.25) is 5.91 Å². The van der Waals surface area contributed by atoms with Crippen LogP contribution in [0.2, 0.25) is 5.02 Å². The average molecular weight is 605 g/mol. The summed E-state index contributed by atoms with van der Waals surface area (Å²) in [4.78, 5) is 50.2. The van der Waals surface area contributed by atoms with Crippen molar-refractivity contribution in [1.82, 2.24) is 20.1 Å². The molecule has 0 aliphatic carbocycles. The predicted molar refractivity (Wildman–Crippen MR) is 164 cm³/mol. The molecule has 2 aromatic heterocycles. The van der Waals surface area contributed by atoms with Crippen LogP contribution in [-0.2, 0) is 4.79 Å². The zero-order valence-corrected chi connectivity index (χ0v) is 24.7. The van der Waals surface area contributed by atoms with Gasteiger partial charge in [0.15, 0.2) is 0 Å². The number of benzene rings is 2. The van der Waals surface area contributed by atoms with E-state index in [-0.39, 0.29) is 17.9 Å². The number of pyridine rings is 1. The molecular formula is C30H29ClN6O4S. The van der Waals surface area contributed by atoms with Crippen LogP contribution in [0.3, 0.4) is 0 Å². The number of hydrogen-bond donors (Lipinski definition) is 2. The van der Waals surface area contributed by atoms with Crippen molar-refractivity contribution in [3.63, 3.8) is 0 Å². The van der Waals surface area contributed by atoms with E-state index in [1.807, 2.05) is 49.3 Å². The molecule has 2 aliphatic rings. The van der Waals surface area contributed by atoms with Crippen LogP contribution in [0.4, 0.5) is 21.9 Å². The van der Waals surface area contributed by atoms with E-state index in [2.05, 4.69) is 15.6 Å². The minimum atomic E-state index is -0.423. The lowest BCUT2D eigenvalue weighted by atomic mass is 10.1. The summed E-state index contributed by atoms with van der Waals surface area (Å²) in [7, 11) is 3.71. The van der Waals surface area contributed by atoms with Gasteiger partial charge in [0.25, 0.3) is 5.91 Å². The summed E-state index contributed by atoms with van der Waals surface area (Å²) in [5, 5.41) is 7.02. The third kappa shape index (κ3) is 5.50. The van der Waals surface area contributed by atoms with Gasteiger partial charge < -0.3 is 25.2 Å². The Balaban J connectivity index is 1.25. The molecule has 2 aliphatic heterocycles. The Kier molecular flexibility index (Phi) is 7.72. The number of likely N-dealkylation sites (N-methyl/N-ethyl adjacent to an activating group) is 1. The Hall–Kier alpha value is -4.19. The number of nitrogens with one attached hydrogen (secondary N) is 2. The summed E-state index contributed by atoms with van der Waals surface area (Å²) >= 11 is 7.79. The van der Waals surface area contributed by atoms with E-state index in [0.717, 1.165) is 12.8 Å². The van der Waals surface area contributed by atoms with Crippen LogP contribution in [0, 0.1) is 0 Å². The van der Waals surface area contributed by atoms with E-state index in [9.17, 15) is 14.4 Å². The Morgan fingerprint density at radius 2 is 2.00 bits per heavy atom. The van der Waals surface area contributed by atoms with E-state index in [0.29, 0.717) is 68.3 Å². The molecule has 216 valence electrons. The van der Waals surface area contributed by atoms with E-state index in [1.165, 1.54) is 16.2 Å². The number of urea groups is 1. The van der Waals surface area contributed by atoms with Gasteiger partial charge in [-0.15, -0.1) is 11.3 Å². The predicted octanol–water partition coefficient (Wildman–Crippen LogP) is 5.71. The maximum atomic E-state index is 13.5. The van der Waals surface area contributed by atoms with Gasteiger partial charge in [-0.05, 0) is 63.3 Å². The number of hydrogen-bond acceptors (Lipinski definition) is 7. The number of ether oxygens (including phenoxy) is 1. The van der Waals surface area contributed by atoms with E-state index in [1.54, 1.807) is 35.4 Å². The minimum Gasteiger partial charge on any atom is -0.456 e. The number of para-hydroxylation sites is 1. The highest BCUT2D eigenvalue weighted by atomic mass is 35.5. The molecule has 0 bridgehead atoms. The highest BCUT2D eigenvalue weighted by Gasteiger charge is 2.34. The monoisotopic (exact) mass is 604 g/mol. The van der Waals surface area contributed by atoms with E-state index in [4.69, 9.17) is 16.3 Å². The minimum absolute atomic E-state index is 0.0388. The van der Waals surface area contributed by atoms with Crippen LogP contribution in [0.5, 0.6) is 11.5 Å². The first-order valence-corrected chi connectivity index (χ1v) is 14.8. The molecule has 1 atom stereocenters. The Morgan fingerprint density at radius 1 is 1.19 bits per heavy atom. The summed E-state index contributed by atoms with van der Waals surface area (Å²) < 4.78 is 5.89.